The zero-order valence-electron chi connectivity index (χ0n) is 15.8. The number of ether oxygens (including phenoxy) is 1. The van der Waals surface area contributed by atoms with Gasteiger partial charge >= 0.3 is 5.63 Å². The molecule has 0 saturated carbocycles. The van der Waals surface area contributed by atoms with Gasteiger partial charge < -0.3 is 19.5 Å². The highest BCUT2D eigenvalue weighted by molar-refractivity contribution is 6.32. The van der Waals surface area contributed by atoms with Crippen LogP contribution in [0.1, 0.15) is 11.1 Å². The Kier molecular flexibility index (Phi) is 5.27. The Hall–Kier alpha value is -3.25. The molecule has 0 spiro atoms. The minimum Gasteiger partial charge on any atom is -0.482 e. The van der Waals surface area contributed by atoms with Crippen molar-refractivity contribution in [2.24, 2.45) is 0 Å². The molecule has 2 aromatic carbocycles. The smallest absolute Gasteiger partial charge is 0.336 e. The Morgan fingerprint density at radius 1 is 1.21 bits per heavy atom. The van der Waals surface area contributed by atoms with E-state index in [0.29, 0.717) is 29.3 Å². The molecule has 0 fully saturated rings. The number of hydrogen-bond donors (Lipinski definition) is 2. The van der Waals surface area contributed by atoms with E-state index in [9.17, 15) is 9.59 Å². The molecule has 0 saturated heterocycles. The van der Waals surface area contributed by atoms with Crippen molar-refractivity contribution < 1.29 is 13.9 Å². The summed E-state index contributed by atoms with van der Waals surface area (Å²) >= 11 is 6.25. The average molecular weight is 411 g/mol. The van der Waals surface area contributed by atoms with Gasteiger partial charge in [0.25, 0.3) is 5.91 Å². The van der Waals surface area contributed by atoms with Crippen LogP contribution < -0.4 is 15.7 Å². The number of carbonyl (C=O) groups excluding carboxylic acids is 1. The number of rotatable bonds is 6. The van der Waals surface area contributed by atoms with Crippen LogP contribution >= 0.6 is 11.6 Å². The maximum atomic E-state index is 12.1. The van der Waals surface area contributed by atoms with Gasteiger partial charge in [-0.25, -0.2) is 4.79 Å². The molecule has 2 heterocycles. The van der Waals surface area contributed by atoms with Gasteiger partial charge in [0.2, 0.25) is 0 Å². The van der Waals surface area contributed by atoms with Crippen LogP contribution in [0.3, 0.4) is 0 Å². The van der Waals surface area contributed by atoms with E-state index in [2.05, 4.69) is 10.3 Å². The number of aromatic nitrogens is 1. The number of carbonyl (C=O) groups is 1. The normalized spacial score (nSPS) is 11.1. The molecule has 2 N–H and O–H groups in total. The van der Waals surface area contributed by atoms with E-state index in [1.165, 1.54) is 12.1 Å². The summed E-state index contributed by atoms with van der Waals surface area (Å²) < 4.78 is 10.7. The van der Waals surface area contributed by atoms with Crippen molar-refractivity contribution in [2.75, 3.05) is 13.2 Å². The van der Waals surface area contributed by atoms with Crippen molar-refractivity contribution in [1.82, 2.24) is 10.3 Å². The summed E-state index contributed by atoms with van der Waals surface area (Å²) in [6.07, 6.45) is 2.66. The molecule has 1 amide bonds. The fourth-order valence-electron chi connectivity index (χ4n) is 3.30. The van der Waals surface area contributed by atoms with Crippen molar-refractivity contribution in [3.8, 4) is 5.75 Å². The van der Waals surface area contributed by atoms with Crippen molar-refractivity contribution in [3.05, 3.63) is 75.2 Å². The first-order valence-corrected chi connectivity index (χ1v) is 9.57. The van der Waals surface area contributed by atoms with Crippen molar-refractivity contribution in [2.45, 2.75) is 13.3 Å². The monoisotopic (exact) mass is 410 g/mol. The second-order valence-electron chi connectivity index (χ2n) is 6.78. The number of amides is 1. The van der Waals surface area contributed by atoms with E-state index >= 15 is 0 Å². The molecule has 148 valence electrons. The summed E-state index contributed by atoms with van der Waals surface area (Å²) in [5.41, 5.74) is 2.90. The first kappa shape index (κ1) is 19.1. The molecule has 0 bridgehead atoms. The third kappa shape index (κ3) is 4.12. The number of nitrogens with one attached hydrogen (secondary N) is 2. The van der Waals surface area contributed by atoms with E-state index < -0.39 is 5.63 Å². The fourth-order valence-corrected chi connectivity index (χ4v) is 3.52. The lowest BCUT2D eigenvalue weighted by Crippen LogP contribution is -2.30. The number of aromatic amines is 1. The summed E-state index contributed by atoms with van der Waals surface area (Å²) in [6.45, 7) is 2.11. The topological polar surface area (TPSA) is 84.3 Å². The number of aryl methyl sites for hydroxylation is 1. The lowest BCUT2D eigenvalue weighted by molar-refractivity contribution is -0.123. The Morgan fingerprint density at radius 2 is 2.03 bits per heavy atom. The van der Waals surface area contributed by atoms with Crippen LogP contribution in [-0.4, -0.2) is 24.0 Å². The van der Waals surface area contributed by atoms with E-state index in [4.69, 9.17) is 20.8 Å². The van der Waals surface area contributed by atoms with Gasteiger partial charge in [0.15, 0.2) is 6.61 Å². The zero-order chi connectivity index (χ0) is 20.4. The van der Waals surface area contributed by atoms with Crippen LogP contribution in [-0.2, 0) is 11.2 Å². The second-order valence-corrected chi connectivity index (χ2v) is 7.18. The van der Waals surface area contributed by atoms with Crippen molar-refractivity contribution in [1.29, 1.82) is 0 Å². The highest BCUT2D eigenvalue weighted by atomic mass is 35.5. The summed E-state index contributed by atoms with van der Waals surface area (Å²) in [5, 5.41) is 5.06. The van der Waals surface area contributed by atoms with E-state index in [1.807, 2.05) is 30.5 Å². The van der Waals surface area contributed by atoms with Crippen LogP contribution in [0.5, 0.6) is 5.75 Å². The van der Waals surface area contributed by atoms with Crippen LogP contribution in [0, 0.1) is 6.92 Å². The van der Waals surface area contributed by atoms with Gasteiger partial charge in [0.1, 0.15) is 11.3 Å². The quantitative estimate of drug-likeness (QED) is 0.471. The maximum absolute atomic E-state index is 12.1. The summed E-state index contributed by atoms with van der Waals surface area (Å²) in [4.78, 5) is 26.9. The second kappa shape index (κ2) is 8.01. The van der Waals surface area contributed by atoms with Gasteiger partial charge in [-0.3, -0.25) is 4.79 Å². The van der Waals surface area contributed by atoms with Crippen LogP contribution in [0.15, 0.2) is 57.9 Å². The Balaban J connectivity index is 1.36. The Morgan fingerprint density at radius 3 is 2.90 bits per heavy atom. The number of fused-ring (bicyclic) bond motifs is 2. The standard InChI is InChI=1S/C22H19ClN2O4/c1-13-8-22(27)29-19-10-20(17(23)9-16(13)19)28-12-21(26)24-7-6-14-11-25-18-5-3-2-4-15(14)18/h2-5,8-11,25H,6-7,12H2,1H3,(H,24,26). The minimum atomic E-state index is -0.446. The molecule has 0 aliphatic carbocycles. The van der Waals surface area contributed by atoms with Gasteiger partial charge in [0, 0.05) is 41.2 Å². The van der Waals surface area contributed by atoms with Gasteiger partial charge in [0.05, 0.1) is 5.02 Å². The predicted octanol–water partition coefficient (Wildman–Crippen LogP) is 3.97. The average Bonchev–Trinajstić information content (AvgIpc) is 3.10. The number of hydrogen-bond acceptors (Lipinski definition) is 4. The zero-order valence-corrected chi connectivity index (χ0v) is 16.5. The number of H-pyrrole nitrogens is 1. The van der Waals surface area contributed by atoms with Gasteiger partial charge in [-0.05, 0) is 36.6 Å². The molecule has 6 nitrogen and oxygen atoms in total. The molecule has 0 aliphatic heterocycles. The fraction of sp³-hybridized carbons (Fsp3) is 0.182. The Labute approximate surface area is 171 Å². The first-order valence-electron chi connectivity index (χ1n) is 9.20. The van der Waals surface area contributed by atoms with E-state index in [1.54, 1.807) is 13.0 Å². The molecule has 4 rings (SSSR count). The van der Waals surface area contributed by atoms with Crippen molar-refractivity contribution in [3.63, 3.8) is 0 Å². The Bertz CT molecular complexity index is 1260. The minimum absolute atomic E-state index is 0.185. The van der Waals surface area contributed by atoms with Gasteiger partial charge in [-0.2, -0.15) is 0 Å². The van der Waals surface area contributed by atoms with Crippen LogP contribution in [0.25, 0.3) is 21.9 Å². The first-order chi connectivity index (χ1) is 14.0. The van der Waals surface area contributed by atoms with E-state index in [0.717, 1.165) is 27.4 Å². The molecular weight excluding hydrogens is 392 g/mol. The number of halogens is 1. The van der Waals surface area contributed by atoms with Gasteiger partial charge in [-0.1, -0.05) is 29.8 Å². The number of benzene rings is 2. The summed E-state index contributed by atoms with van der Waals surface area (Å²) in [6, 6.07) is 12.6. The van der Waals surface area contributed by atoms with Crippen LogP contribution in [0.2, 0.25) is 5.02 Å². The summed E-state index contributed by atoms with van der Waals surface area (Å²) in [5.74, 6) is 0.0337. The summed E-state index contributed by atoms with van der Waals surface area (Å²) in [7, 11) is 0. The lowest BCUT2D eigenvalue weighted by atomic mass is 10.1. The van der Waals surface area contributed by atoms with Gasteiger partial charge in [-0.15, -0.1) is 0 Å². The highest BCUT2D eigenvalue weighted by Gasteiger charge is 2.11. The molecule has 7 heteroatoms. The predicted molar refractivity (Wildman–Crippen MR) is 113 cm³/mol. The molecule has 0 unspecified atom stereocenters. The molecule has 0 aliphatic rings. The molecule has 4 aromatic rings. The van der Waals surface area contributed by atoms with Crippen molar-refractivity contribution >= 4 is 39.4 Å². The SMILES string of the molecule is Cc1cc(=O)oc2cc(OCC(=O)NCCc3c[nH]c4ccccc34)c(Cl)cc12. The molecule has 0 atom stereocenters. The molecule has 2 aromatic heterocycles. The van der Waals surface area contributed by atoms with E-state index in [-0.39, 0.29) is 12.5 Å². The maximum Gasteiger partial charge on any atom is 0.336 e. The number of para-hydroxylation sites is 1. The molecule has 29 heavy (non-hydrogen) atoms. The molecular formula is C22H19ClN2O4. The molecule has 0 radical (unpaired) electrons. The third-order valence-corrected chi connectivity index (χ3v) is 5.05. The van der Waals surface area contributed by atoms with Crippen LogP contribution in [0.4, 0.5) is 0 Å². The lowest BCUT2D eigenvalue weighted by Gasteiger charge is -2.10. The third-order valence-electron chi connectivity index (χ3n) is 4.75. The highest BCUT2D eigenvalue weighted by Crippen LogP contribution is 2.30. The largest absolute Gasteiger partial charge is 0.482 e.